The topological polar surface area (TPSA) is 72.5 Å². The van der Waals surface area contributed by atoms with Crippen LogP contribution in [0, 0.1) is 0 Å². The molecule has 35 heavy (non-hydrogen) atoms. The Hall–Kier alpha value is -1.96. The van der Waals surface area contributed by atoms with E-state index in [-0.39, 0.29) is 23.2 Å². The largest absolute Gasteiger partial charge is 0.411 e. The van der Waals surface area contributed by atoms with Crippen molar-refractivity contribution in [2.24, 2.45) is 0 Å². The number of aromatic nitrogens is 1. The van der Waals surface area contributed by atoms with E-state index in [2.05, 4.69) is 49.5 Å². The van der Waals surface area contributed by atoms with Gasteiger partial charge in [-0.2, -0.15) is 0 Å². The lowest BCUT2D eigenvalue weighted by atomic mass is 9.82. The molecule has 2 N–H and O–H groups in total. The second-order valence-corrected chi connectivity index (χ2v) is 16.1. The molecule has 0 spiro atoms. The monoisotopic (exact) mass is 499 g/mol. The van der Waals surface area contributed by atoms with Crippen LogP contribution in [0.15, 0.2) is 30.5 Å². The minimum absolute atomic E-state index is 0.00220. The van der Waals surface area contributed by atoms with E-state index < -0.39 is 8.32 Å². The summed E-state index contributed by atoms with van der Waals surface area (Å²) < 4.78 is 12.4. The highest BCUT2D eigenvalue weighted by Crippen LogP contribution is 2.45. The fourth-order valence-corrected chi connectivity index (χ4v) is 6.42. The summed E-state index contributed by atoms with van der Waals surface area (Å²) in [6.07, 6.45) is 9.96. The van der Waals surface area contributed by atoms with E-state index in [0.717, 1.165) is 48.8 Å². The van der Waals surface area contributed by atoms with E-state index in [1.165, 1.54) is 19.3 Å². The van der Waals surface area contributed by atoms with E-state index >= 15 is 0 Å². The van der Waals surface area contributed by atoms with Gasteiger partial charge in [0, 0.05) is 18.5 Å². The number of anilines is 2. The van der Waals surface area contributed by atoms with Crippen molar-refractivity contribution in [1.82, 2.24) is 4.98 Å². The molecule has 0 atom stereocenters. The maximum absolute atomic E-state index is 12.3. The van der Waals surface area contributed by atoms with Gasteiger partial charge in [0.15, 0.2) is 8.32 Å². The average molecular weight is 500 g/mol. The summed E-state index contributed by atoms with van der Waals surface area (Å²) in [6, 6.07) is 8.03. The molecule has 0 saturated heterocycles. The van der Waals surface area contributed by atoms with Crippen molar-refractivity contribution in [2.75, 3.05) is 30.4 Å². The van der Waals surface area contributed by atoms with Crippen LogP contribution in [0.1, 0.15) is 72.6 Å². The number of amides is 1. The Morgan fingerprint density at radius 1 is 1.14 bits per heavy atom. The smallest absolute Gasteiger partial charge is 0.250 e. The minimum Gasteiger partial charge on any atom is -0.411 e. The Bertz CT molecular complexity index is 981. The van der Waals surface area contributed by atoms with Crippen LogP contribution in [0.4, 0.5) is 11.4 Å². The zero-order valence-electron chi connectivity index (χ0n) is 22.6. The number of ether oxygens (including phenoxy) is 1. The Balaban J connectivity index is 1.72. The predicted octanol–water partition coefficient (Wildman–Crippen LogP) is 7.13. The number of nitrogens with one attached hydrogen (secondary N) is 2. The Kier molecular flexibility index (Phi) is 9.35. The van der Waals surface area contributed by atoms with E-state index in [1.807, 2.05) is 31.2 Å². The molecule has 1 aliphatic carbocycles. The fourth-order valence-electron chi connectivity index (χ4n) is 4.73. The zero-order valence-corrected chi connectivity index (χ0v) is 23.6. The van der Waals surface area contributed by atoms with E-state index in [0.29, 0.717) is 12.3 Å². The van der Waals surface area contributed by atoms with Crippen molar-refractivity contribution in [3.63, 3.8) is 0 Å². The van der Waals surface area contributed by atoms with Gasteiger partial charge < -0.3 is 19.8 Å². The van der Waals surface area contributed by atoms with Crippen molar-refractivity contribution in [2.45, 2.75) is 96.4 Å². The van der Waals surface area contributed by atoms with Gasteiger partial charge in [0.2, 0.25) is 5.91 Å². The highest BCUT2D eigenvalue weighted by molar-refractivity contribution is 6.74. The molecule has 1 aromatic heterocycles. The molecule has 6 nitrogen and oxygen atoms in total. The van der Waals surface area contributed by atoms with Crippen LogP contribution in [-0.4, -0.2) is 44.6 Å². The molecule has 1 heterocycles. The summed E-state index contributed by atoms with van der Waals surface area (Å²) >= 11 is 0. The second kappa shape index (κ2) is 11.8. The molecule has 7 heteroatoms. The van der Waals surface area contributed by atoms with Gasteiger partial charge in [-0.1, -0.05) is 58.2 Å². The van der Waals surface area contributed by atoms with Gasteiger partial charge in [0.05, 0.1) is 28.7 Å². The lowest BCUT2D eigenvalue weighted by Crippen LogP contribution is -2.50. The number of fused-ring (bicyclic) bond motifs is 1. The van der Waals surface area contributed by atoms with Crippen LogP contribution in [-0.2, 0) is 14.0 Å². The van der Waals surface area contributed by atoms with Gasteiger partial charge in [-0.3, -0.25) is 9.78 Å². The third-order valence-corrected chi connectivity index (χ3v) is 12.2. The van der Waals surface area contributed by atoms with Crippen LogP contribution in [0.25, 0.3) is 10.9 Å². The first-order chi connectivity index (χ1) is 16.6. The number of carbonyl (C=O) groups is 1. The van der Waals surface area contributed by atoms with Gasteiger partial charge in [0.1, 0.15) is 6.61 Å². The molecule has 0 unspecified atom stereocenters. The summed E-state index contributed by atoms with van der Waals surface area (Å²) in [5.74, 6) is -0.170. The first kappa shape index (κ1) is 27.6. The lowest BCUT2D eigenvalue weighted by Gasteiger charge is -2.48. The molecule has 0 aliphatic heterocycles. The molecular weight excluding hydrogens is 454 g/mol. The number of nitrogens with zero attached hydrogens (tertiary/aromatic N) is 1. The van der Waals surface area contributed by atoms with Gasteiger partial charge in [-0.15, -0.1) is 0 Å². The number of benzene rings is 1. The van der Waals surface area contributed by atoms with E-state index in [9.17, 15) is 4.79 Å². The fraction of sp³-hybridized carbons (Fsp3) is 0.643. The maximum atomic E-state index is 12.3. The van der Waals surface area contributed by atoms with Crippen molar-refractivity contribution < 1.29 is 14.0 Å². The van der Waals surface area contributed by atoms with E-state index in [1.54, 1.807) is 6.20 Å². The summed E-state index contributed by atoms with van der Waals surface area (Å²) in [4.78, 5) is 16.9. The molecule has 0 bridgehead atoms. The van der Waals surface area contributed by atoms with Crippen LogP contribution in [0.2, 0.25) is 18.1 Å². The normalized spacial score (nSPS) is 16.3. The summed E-state index contributed by atoms with van der Waals surface area (Å²) in [5.41, 5.74) is 2.52. The average Bonchev–Trinajstić information content (AvgIpc) is 2.81. The number of rotatable bonds is 11. The second-order valence-electron chi connectivity index (χ2n) is 11.4. The van der Waals surface area contributed by atoms with Crippen molar-refractivity contribution in [1.29, 1.82) is 0 Å². The Labute approximate surface area is 212 Å². The molecule has 0 radical (unpaired) electrons. The number of hydrogen-bond donors (Lipinski definition) is 2. The van der Waals surface area contributed by atoms with Gasteiger partial charge in [-0.25, -0.2) is 0 Å². The molecule has 1 aromatic carbocycles. The van der Waals surface area contributed by atoms with Crippen LogP contribution < -0.4 is 10.6 Å². The number of pyridine rings is 1. The molecule has 1 amide bonds. The standard InChI is InChI=1S/C28H45N3O3Si/c1-7-33-21-25(32)31-24-20-30-23-15-10-9-14-22(23)26(24)29-19-13-18-28(16-11-8-12-17-28)34-35(5,6)27(2,3)4/h9-10,14-15,20H,7-8,11-13,16-19,21H2,1-6H3,(H,29,30)(H,31,32). The first-order valence-electron chi connectivity index (χ1n) is 13.3. The minimum atomic E-state index is -1.85. The number of para-hydroxylation sites is 1. The van der Waals surface area contributed by atoms with Gasteiger partial charge >= 0.3 is 0 Å². The molecule has 3 rings (SSSR count). The predicted molar refractivity (Wildman–Crippen MR) is 149 cm³/mol. The zero-order chi connectivity index (χ0) is 25.5. The van der Waals surface area contributed by atoms with Crippen LogP contribution in [0.3, 0.4) is 0 Å². The third kappa shape index (κ3) is 7.27. The molecule has 194 valence electrons. The number of hydrogen-bond acceptors (Lipinski definition) is 5. The highest BCUT2D eigenvalue weighted by Gasteiger charge is 2.44. The first-order valence-corrected chi connectivity index (χ1v) is 16.2. The summed E-state index contributed by atoms with van der Waals surface area (Å²) in [5, 5.41) is 7.82. The van der Waals surface area contributed by atoms with Crippen LogP contribution in [0.5, 0.6) is 0 Å². The molecular formula is C28H45N3O3Si. The molecule has 1 fully saturated rings. The number of carbonyl (C=O) groups excluding carboxylic acids is 1. The van der Waals surface area contributed by atoms with Crippen molar-refractivity contribution in [3.8, 4) is 0 Å². The molecule has 1 aliphatic rings. The lowest BCUT2D eigenvalue weighted by molar-refractivity contribution is -0.120. The molecule has 2 aromatic rings. The highest BCUT2D eigenvalue weighted by atomic mass is 28.4. The Morgan fingerprint density at radius 2 is 1.86 bits per heavy atom. The van der Waals surface area contributed by atoms with Gasteiger partial charge in [0.25, 0.3) is 0 Å². The van der Waals surface area contributed by atoms with Crippen LogP contribution >= 0.6 is 0 Å². The van der Waals surface area contributed by atoms with Gasteiger partial charge in [-0.05, 0) is 56.8 Å². The van der Waals surface area contributed by atoms with Crippen molar-refractivity contribution >= 4 is 36.5 Å². The molecule has 1 saturated carbocycles. The summed E-state index contributed by atoms with van der Waals surface area (Å²) in [7, 11) is -1.85. The Morgan fingerprint density at radius 3 is 2.54 bits per heavy atom. The summed E-state index contributed by atoms with van der Waals surface area (Å²) in [6.45, 7) is 15.0. The van der Waals surface area contributed by atoms with Crippen molar-refractivity contribution in [3.05, 3.63) is 30.5 Å². The third-order valence-electron chi connectivity index (χ3n) is 7.64. The quantitative estimate of drug-likeness (QED) is 0.254. The SMILES string of the molecule is CCOCC(=O)Nc1cnc2ccccc2c1NCCCC1(O[Si](C)(C)C(C)(C)C)CCCCC1. The maximum Gasteiger partial charge on any atom is 0.250 e. The van der Waals surface area contributed by atoms with E-state index in [4.69, 9.17) is 9.16 Å².